The minimum atomic E-state index is -0.392. The van der Waals surface area contributed by atoms with E-state index < -0.39 is 5.92 Å². The predicted octanol–water partition coefficient (Wildman–Crippen LogP) is 4.18. The molecule has 0 bridgehead atoms. The van der Waals surface area contributed by atoms with Crippen LogP contribution in [0.4, 0.5) is 0 Å². The van der Waals surface area contributed by atoms with E-state index in [1.165, 1.54) is 19.3 Å². The highest BCUT2D eigenvalue weighted by molar-refractivity contribution is 9.10. The van der Waals surface area contributed by atoms with E-state index in [9.17, 15) is 9.59 Å². The van der Waals surface area contributed by atoms with Crippen LogP contribution in [0, 0.1) is 5.92 Å². The van der Waals surface area contributed by atoms with E-state index in [-0.39, 0.29) is 25.1 Å². The van der Waals surface area contributed by atoms with Crippen LogP contribution < -0.4 is 14.8 Å². The van der Waals surface area contributed by atoms with Gasteiger partial charge in [0, 0.05) is 22.5 Å². The van der Waals surface area contributed by atoms with Gasteiger partial charge in [-0.3, -0.25) is 4.79 Å². The number of esters is 1. The number of ether oxygens (including phenoxy) is 3. The first-order chi connectivity index (χ1) is 13.5. The van der Waals surface area contributed by atoms with Gasteiger partial charge in [0.2, 0.25) is 12.7 Å². The largest absolute Gasteiger partial charge is 0.462 e. The lowest BCUT2D eigenvalue weighted by molar-refractivity contribution is -0.141. The molecule has 6 nitrogen and oxygen atoms in total. The highest BCUT2D eigenvalue weighted by Gasteiger charge is 2.35. The van der Waals surface area contributed by atoms with Gasteiger partial charge in [0.1, 0.15) is 0 Å². The smallest absolute Gasteiger partial charge is 0.336 e. The van der Waals surface area contributed by atoms with E-state index in [1.807, 2.05) is 12.1 Å². The van der Waals surface area contributed by atoms with E-state index in [1.54, 1.807) is 6.92 Å². The summed E-state index contributed by atoms with van der Waals surface area (Å²) in [6, 6.07) is 3.67. The van der Waals surface area contributed by atoms with Crippen molar-refractivity contribution in [2.45, 2.75) is 51.4 Å². The minimum absolute atomic E-state index is 0.115. The second kappa shape index (κ2) is 8.15. The zero-order valence-corrected chi connectivity index (χ0v) is 17.5. The molecule has 28 heavy (non-hydrogen) atoms. The van der Waals surface area contributed by atoms with Gasteiger partial charge < -0.3 is 19.5 Å². The van der Waals surface area contributed by atoms with Gasteiger partial charge >= 0.3 is 5.97 Å². The number of hydrogen-bond donors (Lipinski definition) is 1. The van der Waals surface area contributed by atoms with Crippen molar-refractivity contribution in [3.05, 3.63) is 33.4 Å². The fourth-order valence-corrected chi connectivity index (χ4v) is 4.86. The number of hydrogen-bond acceptors (Lipinski definition) is 5. The Bertz CT molecular complexity index is 828. The number of allylic oxidation sites excluding steroid dienone is 1. The lowest BCUT2D eigenvalue weighted by atomic mass is 9.84. The zero-order chi connectivity index (χ0) is 19.7. The molecule has 0 spiro atoms. The van der Waals surface area contributed by atoms with Crippen LogP contribution in [-0.2, 0) is 14.3 Å². The number of amides is 1. The number of nitrogens with one attached hydrogen (secondary N) is 1. The number of benzene rings is 1. The van der Waals surface area contributed by atoms with Crippen molar-refractivity contribution >= 4 is 27.8 Å². The first kappa shape index (κ1) is 19.3. The standard InChI is InChI=1S/C21H24BrNO5/c1-12-20(21(25)26-10-13-5-3-2-4-6-13)15(8-19(24)23-12)14-7-17-18(9-16(14)22)28-11-27-17/h7,9,13,15H,2-6,8,10-11H2,1H3,(H,23,24)/t15-/m0/s1. The highest BCUT2D eigenvalue weighted by atomic mass is 79.9. The maximum absolute atomic E-state index is 13.0. The van der Waals surface area contributed by atoms with Crippen molar-refractivity contribution in [1.29, 1.82) is 0 Å². The molecule has 3 aliphatic rings. The summed E-state index contributed by atoms with van der Waals surface area (Å²) in [5.41, 5.74) is 1.89. The number of carbonyl (C=O) groups excluding carboxylic acids is 2. The SMILES string of the molecule is CC1=C(C(=O)OCC2CCCCC2)[C@H](c2cc3c(cc2Br)OCO3)CC(=O)N1. The Morgan fingerprint density at radius 1 is 1.21 bits per heavy atom. The van der Waals surface area contributed by atoms with E-state index in [2.05, 4.69) is 21.2 Å². The van der Waals surface area contributed by atoms with E-state index in [0.29, 0.717) is 35.3 Å². The molecular formula is C21H24BrNO5. The molecule has 7 heteroatoms. The van der Waals surface area contributed by atoms with Gasteiger partial charge in [-0.1, -0.05) is 35.2 Å². The zero-order valence-electron chi connectivity index (χ0n) is 15.9. The monoisotopic (exact) mass is 449 g/mol. The van der Waals surface area contributed by atoms with Crippen LogP contribution in [0.25, 0.3) is 0 Å². The van der Waals surface area contributed by atoms with Crippen LogP contribution >= 0.6 is 15.9 Å². The van der Waals surface area contributed by atoms with Gasteiger partial charge in [-0.25, -0.2) is 4.79 Å². The highest BCUT2D eigenvalue weighted by Crippen LogP contribution is 2.44. The second-order valence-corrected chi connectivity index (χ2v) is 8.53. The minimum Gasteiger partial charge on any atom is -0.462 e. The van der Waals surface area contributed by atoms with E-state index >= 15 is 0 Å². The molecule has 1 fully saturated rings. The molecular weight excluding hydrogens is 426 g/mol. The summed E-state index contributed by atoms with van der Waals surface area (Å²) >= 11 is 3.56. The molecule has 1 aliphatic carbocycles. The fourth-order valence-electron chi connectivity index (χ4n) is 4.26. The summed E-state index contributed by atoms with van der Waals surface area (Å²) in [5, 5.41) is 2.79. The Hall–Kier alpha value is -2.02. The third-order valence-electron chi connectivity index (χ3n) is 5.73. The van der Waals surface area contributed by atoms with Crippen molar-refractivity contribution in [2.24, 2.45) is 5.92 Å². The van der Waals surface area contributed by atoms with Gasteiger partial charge in [0.05, 0.1) is 12.2 Å². The van der Waals surface area contributed by atoms with Gasteiger partial charge in [-0.15, -0.1) is 0 Å². The maximum Gasteiger partial charge on any atom is 0.336 e. The third-order valence-corrected chi connectivity index (χ3v) is 6.42. The molecule has 4 rings (SSSR count). The molecule has 150 valence electrons. The Morgan fingerprint density at radius 2 is 1.93 bits per heavy atom. The summed E-state index contributed by atoms with van der Waals surface area (Å²) in [7, 11) is 0. The number of rotatable bonds is 4. The molecule has 1 N–H and O–H groups in total. The summed E-state index contributed by atoms with van der Waals surface area (Å²) in [6.45, 7) is 2.36. The first-order valence-electron chi connectivity index (χ1n) is 9.79. The molecule has 0 radical (unpaired) electrons. The second-order valence-electron chi connectivity index (χ2n) is 7.67. The van der Waals surface area contributed by atoms with Crippen molar-refractivity contribution in [1.82, 2.24) is 5.32 Å². The number of halogens is 1. The Morgan fingerprint density at radius 3 is 2.68 bits per heavy atom. The molecule has 1 aromatic carbocycles. The lowest BCUT2D eigenvalue weighted by Gasteiger charge is -2.28. The summed E-state index contributed by atoms with van der Waals surface area (Å²) in [6.07, 6.45) is 6.07. The molecule has 2 aliphatic heterocycles. The average molecular weight is 450 g/mol. The number of fused-ring (bicyclic) bond motifs is 1. The summed E-state index contributed by atoms with van der Waals surface area (Å²) in [4.78, 5) is 25.2. The van der Waals surface area contributed by atoms with Crippen molar-refractivity contribution in [3.8, 4) is 11.5 Å². The molecule has 0 aromatic heterocycles. The quantitative estimate of drug-likeness (QED) is 0.697. The van der Waals surface area contributed by atoms with Gasteiger partial charge in [-0.05, 0) is 43.4 Å². The lowest BCUT2D eigenvalue weighted by Crippen LogP contribution is -2.34. The van der Waals surface area contributed by atoms with Gasteiger partial charge in [-0.2, -0.15) is 0 Å². The number of carbonyl (C=O) groups is 2. The van der Waals surface area contributed by atoms with Crippen LogP contribution in [-0.4, -0.2) is 25.3 Å². The van der Waals surface area contributed by atoms with Crippen LogP contribution in [0.1, 0.15) is 56.9 Å². The summed E-state index contributed by atoms with van der Waals surface area (Å²) in [5.74, 6) is 0.854. The average Bonchev–Trinajstić information content (AvgIpc) is 3.13. The molecule has 2 heterocycles. The van der Waals surface area contributed by atoms with Gasteiger partial charge in [0.15, 0.2) is 11.5 Å². The normalized spacial score (nSPS) is 22.2. The van der Waals surface area contributed by atoms with Crippen LogP contribution in [0.15, 0.2) is 27.9 Å². The fraction of sp³-hybridized carbons (Fsp3) is 0.524. The molecule has 1 atom stereocenters. The molecule has 1 saturated carbocycles. The molecule has 0 unspecified atom stereocenters. The van der Waals surface area contributed by atoms with E-state index in [4.69, 9.17) is 14.2 Å². The molecule has 0 saturated heterocycles. The van der Waals surface area contributed by atoms with Crippen molar-refractivity contribution in [2.75, 3.05) is 13.4 Å². The Labute approximate surface area is 172 Å². The summed E-state index contributed by atoms with van der Waals surface area (Å²) < 4.78 is 17.4. The van der Waals surface area contributed by atoms with Crippen molar-refractivity contribution < 1.29 is 23.8 Å². The van der Waals surface area contributed by atoms with Crippen LogP contribution in [0.2, 0.25) is 0 Å². The van der Waals surface area contributed by atoms with Crippen LogP contribution in [0.3, 0.4) is 0 Å². The molecule has 1 aromatic rings. The van der Waals surface area contributed by atoms with Crippen LogP contribution in [0.5, 0.6) is 11.5 Å². The Balaban J connectivity index is 1.59. The topological polar surface area (TPSA) is 73.9 Å². The van der Waals surface area contributed by atoms with Crippen molar-refractivity contribution in [3.63, 3.8) is 0 Å². The van der Waals surface area contributed by atoms with E-state index in [0.717, 1.165) is 22.9 Å². The predicted molar refractivity (Wildman–Crippen MR) is 106 cm³/mol. The molecule has 1 amide bonds. The first-order valence-corrected chi connectivity index (χ1v) is 10.6. The Kier molecular flexibility index (Phi) is 5.62. The van der Waals surface area contributed by atoms with Gasteiger partial charge in [0.25, 0.3) is 0 Å². The third kappa shape index (κ3) is 3.90. The maximum atomic E-state index is 13.0.